The number of guanidine groups is 4. The van der Waals surface area contributed by atoms with E-state index >= 15 is 0 Å². The normalized spacial score (nSPS) is 20.3. The Bertz CT molecular complexity index is 1090. The first kappa shape index (κ1) is 21.3. The van der Waals surface area contributed by atoms with E-state index in [1.807, 2.05) is 50.7 Å². The van der Waals surface area contributed by atoms with E-state index < -0.39 is 6.17 Å². The molecule has 0 bridgehead atoms. The lowest BCUT2D eigenvalue weighted by atomic mass is 10.3. The van der Waals surface area contributed by atoms with E-state index in [0.29, 0.717) is 30.4 Å². The third-order valence-corrected chi connectivity index (χ3v) is 4.79. The Morgan fingerprint density at radius 1 is 1.06 bits per heavy atom. The molecule has 0 saturated carbocycles. The second-order valence-corrected chi connectivity index (χ2v) is 7.78. The number of aliphatic imine (C=N–C) groups is 4. The molecule has 170 valence electrons. The van der Waals surface area contributed by atoms with Crippen LogP contribution in [0, 0.1) is 13.8 Å². The summed E-state index contributed by atoms with van der Waals surface area (Å²) in [5.74, 6) is 2.90. The maximum atomic E-state index is 5.97. The number of hydrogen-bond donors (Lipinski definition) is 4. The monoisotopic (exact) mass is 440 g/mol. The Morgan fingerprint density at radius 3 is 2.50 bits per heavy atom. The summed E-state index contributed by atoms with van der Waals surface area (Å²) in [4.78, 5) is 22.2. The van der Waals surface area contributed by atoms with Crippen LogP contribution in [-0.2, 0) is 0 Å². The van der Waals surface area contributed by atoms with Crippen molar-refractivity contribution in [3.05, 3.63) is 36.2 Å². The van der Waals surface area contributed by atoms with Gasteiger partial charge in [-0.2, -0.15) is 0 Å². The van der Waals surface area contributed by atoms with Crippen LogP contribution in [0.1, 0.15) is 18.2 Å². The summed E-state index contributed by atoms with van der Waals surface area (Å²) in [7, 11) is 3.83. The Balaban J connectivity index is 1.64. The van der Waals surface area contributed by atoms with Crippen LogP contribution in [0.4, 0.5) is 11.4 Å². The minimum Gasteiger partial charge on any atom is -0.470 e. The molecule has 2 aliphatic heterocycles. The fourth-order valence-electron chi connectivity index (χ4n) is 3.32. The number of anilines is 2. The van der Waals surface area contributed by atoms with Gasteiger partial charge >= 0.3 is 0 Å². The first-order chi connectivity index (χ1) is 15.3. The van der Waals surface area contributed by atoms with Gasteiger partial charge in [0.25, 0.3) is 0 Å². The molecule has 0 saturated heterocycles. The van der Waals surface area contributed by atoms with E-state index in [1.54, 1.807) is 18.8 Å². The Morgan fingerprint density at radius 2 is 1.88 bits per heavy atom. The molecule has 2 aliphatic rings. The Hall–Kier alpha value is -3.96. The van der Waals surface area contributed by atoms with E-state index in [2.05, 4.69) is 25.9 Å². The number of rotatable bonds is 4. The fraction of sp³-hybridized carbons (Fsp3) is 0.400. The number of hydrogen-bond acceptors (Lipinski definition) is 12. The number of nitrogens with zero attached hydrogens (tertiary/aromatic N) is 6. The Labute approximate surface area is 186 Å². The van der Waals surface area contributed by atoms with Crippen molar-refractivity contribution in [3.8, 4) is 0 Å². The van der Waals surface area contributed by atoms with Crippen molar-refractivity contribution in [2.75, 3.05) is 30.9 Å². The van der Waals surface area contributed by atoms with Crippen LogP contribution in [0.25, 0.3) is 0 Å². The molecule has 0 spiro atoms. The van der Waals surface area contributed by atoms with Crippen molar-refractivity contribution in [1.82, 2.24) is 15.5 Å². The lowest BCUT2D eigenvalue weighted by molar-refractivity contribution is 0.535. The van der Waals surface area contributed by atoms with Crippen LogP contribution in [-0.4, -0.2) is 61.7 Å². The van der Waals surface area contributed by atoms with Gasteiger partial charge in [0.1, 0.15) is 24.5 Å². The van der Waals surface area contributed by atoms with Gasteiger partial charge in [-0.15, -0.1) is 0 Å². The summed E-state index contributed by atoms with van der Waals surface area (Å²) in [6.45, 7) is 6.11. The molecule has 4 rings (SSSR count). The summed E-state index contributed by atoms with van der Waals surface area (Å²) in [6.07, 6.45) is 4.24. The first-order valence-electron chi connectivity index (χ1n) is 10.2. The minimum absolute atomic E-state index is 0.303. The van der Waals surface area contributed by atoms with Crippen LogP contribution in [0.15, 0.2) is 53.7 Å². The van der Waals surface area contributed by atoms with Gasteiger partial charge in [-0.1, -0.05) is 0 Å². The van der Waals surface area contributed by atoms with E-state index in [-0.39, 0.29) is 6.17 Å². The molecule has 32 heavy (non-hydrogen) atoms. The molecule has 0 amide bonds. The molecule has 0 radical (unpaired) electrons. The van der Waals surface area contributed by atoms with Crippen LogP contribution < -0.4 is 26.6 Å². The van der Waals surface area contributed by atoms with Crippen LogP contribution in [0.2, 0.25) is 0 Å². The van der Waals surface area contributed by atoms with E-state index in [4.69, 9.17) is 24.6 Å². The molecule has 0 aliphatic carbocycles. The van der Waals surface area contributed by atoms with Gasteiger partial charge in [-0.05, 0) is 20.8 Å². The average Bonchev–Trinajstić information content (AvgIpc) is 3.33. The first-order valence-corrected chi connectivity index (χ1v) is 10.2. The SMILES string of the molecule is Cc1cc(NC2=NC(CN(C3=NC(C)N=C(N)N3)c3cocc3C)N=C(N(C)C)N2)co1. The average molecular weight is 441 g/mol. The molecule has 2 aromatic rings. The standard InChI is InChI=1S/C20H28N10O2/c1-11-8-31-10-15(11)30(20-23-13(3)22-17(21)27-20)7-16-25-18(28-19(26-16)29(4)5)24-14-6-12(2)32-9-14/h6,8-10,13,16H,7H2,1-5H3,(H3,21,22,23,27)(H2,24,25,26,28). The molecular weight excluding hydrogens is 412 g/mol. The molecule has 2 aromatic heterocycles. The summed E-state index contributed by atoms with van der Waals surface area (Å²) >= 11 is 0. The molecule has 2 atom stereocenters. The maximum absolute atomic E-state index is 5.97. The predicted molar refractivity (Wildman–Crippen MR) is 125 cm³/mol. The predicted octanol–water partition coefficient (Wildman–Crippen LogP) is 1.23. The zero-order valence-corrected chi connectivity index (χ0v) is 18.7. The molecule has 0 fully saturated rings. The number of aryl methyl sites for hydroxylation is 2. The minimum atomic E-state index is -0.446. The highest BCUT2D eigenvalue weighted by molar-refractivity contribution is 6.08. The van der Waals surface area contributed by atoms with E-state index in [1.165, 1.54) is 0 Å². The largest absolute Gasteiger partial charge is 0.470 e. The lowest BCUT2D eigenvalue weighted by Crippen LogP contribution is -2.53. The summed E-state index contributed by atoms with van der Waals surface area (Å²) in [6, 6.07) is 1.89. The van der Waals surface area contributed by atoms with Gasteiger partial charge in [-0.3, -0.25) is 10.6 Å². The molecule has 4 heterocycles. The van der Waals surface area contributed by atoms with Gasteiger partial charge in [-0.25, -0.2) is 20.0 Å². The van der Waals surface area contributed by atoms with E-state index in [0.717, 1.165) is 22.7 Å². The van der Waals surface area contributed by atoms with Gasteiger partial charge in [0, 0.05) is 25.7 Å². The maximum Gasteiger partial charge on any atom is 0.207 e. The van der Waals surface area contributed by atoms with E-state index in [9.17, 15) is 0 Å². The van der Waals surface area contributed by atoms with Crippen molar-refractivity contribution < 1.29 is 8.83 Å². The second-order valence-electron chi connectivity index (χ2n) is 7.78. The van der Waals surface area contributed by atoms with Crippen molar-refractivity contribution in [3.63, 3.8) is 0 Å². The summed E-state index contributed by atoms with van der Waals surface area (Å²) < 4.78 is 10.8. The zero-order chi connectivity index (χ0) is 22.8. The van der Waals surface area contributed by atoms with Crippen molar-refractivity contribution in [2.24, 2.45) is 25.7 Å². The molecule has 2 unspecified atom stereocenters. The van der Waals surface area contributed by atoms with Crippen LogP contribution in [0.3, 0.4) is 0 Å². The summed E-state index contributed by atoms with van der Waals surface area (Å²) in [5.41, 5.74) is 8.55. The number of nitrogens with one attached hydrogen (secondary N) is 3. The van der Waals surface area contributed by atoms with Crippen LogP contribution in [0.5, 0.6) is 0 Å². The smallest absolute Gasteiger partial charge is 0.207 e. The molecule has 5 N–H and O–H groups in total. The highest BCUT2D eigenvalue weighted by Crippen LogP contribution is 2.23. The van der Waals surface area contributed by atoms with Gasteiger partial charge in [0.05, 0.1) is 24.2 Å². The highest BCUT2D eigenvalue weighted by atomic mass is 16.3. The molecule has 12 heteroatoms. The molecule has 0 aromatic carbocycles. The van der Waals surface area contributed by atoms with Crippen molar-refractivity contribution in [2.45, 2.75) is 33.1 Å². The Kier molecular flexibility index (Phi) is 5.75. The number of furan rings is 2. The molecule has 12 nitrogen and oxygen atoms in total. The quantitative estimate of drug-likeness (QED) is 0.556. The van der Waals surface area contributed by atoms with Gasteiger partial charge in [0.2, 0.25) is 17.9 Å². The van der Waals surface area contributed by atoms with Gasteiger partial charge in [0.15, 0.2) is 12.1 Å². The zero-order valence-electron chi connectivity index (χ0n) is 18.7. The second kappa shape index (κ2) is 8.65. The topological polar surface area (TPSA) is 144 Å². The number of nitrogens with two attached hydrogens (primary N) is 1. The van der Waals surface area contributed by atoms with Crippen molar-refractivity contribution >= 4 is 35.2 Å². The highest BCUT2D eigenvalue weighted by Gasteiger charge is 2.27. The summed E-state index contributed by atoms with van der Waals surface area (Å²) in [5, 5.41) is 9.50. The molecular formula is C20H28N10O2. The third-order valence-electron chi connectivity index (χ3n) is 4.79. The fourth-order valence-corrected chi connectivity index (χ4v) is 3.32. The lowest BCUT2D eigenvalue weighted by Gasteiger charge is -2.32. The third kappa shape index (κ3) is 4.68. The van der Waals surface area contributed by atoms with Gasteiger partial charge < -0.3 is 29.7 Å². The van der Waals surface area contributed by atoms with Crippen LogP contribution >= 0.6 is 0 Å². The van der Waals surface area contributed by atoms with Crippen molar-refractivity contribution in [1.29, 1.82) is 0 Å².